The summed E-state index contributed by atoms with van der Waals surface area (Å²) in [6, 6.07) is 6.40. The SMILES string of the molecule is CCN(C(C)C)[C@@H]1CC[C@H](NC(=O)CNc2nc(Cl)nc3ccc(Cl)cc23)[C@@H](COC)C1. The van der Waals surface area contributed by atoms with Crippen LogP contribution in [0, 0.1) is 5.92 Å². The van der Waals surface area contributed by atoms with E-state index in [0.29, 0.717) is 35.0 Å². The van der Waals surface area contributed by atoms with E-state index in [2.05, 4.69) is 46.3 Å². The number of anilines is 1. The second-order valence-electron chi connectivity index (χ2n) is 8.64. The molecule has 32 heavy (non-hydrogen) atoms. The summed E-state index contributed by atoms with van der Waals surface area (Å²) in [5, 5.41) is 7.71. The summed E-state index contributed by atoms with van der Waals surface area (Å²) in [5.41, 5.74) is 0.668. The fraction of sp³-hybridized carbons (Fsp3) is 0.609. The van der Waals surface area contributed by atoms with Gasteiger partial charge >= 0.3 is 0 Å². The molecule has 1 aliphatic rings. The van der Waals surface area contributed by atoms with Gasteiger partial charge in [0, 0.05) is 41.6 Å². The average Bonchev–Trinajstić information content (AvgIpc) is 2.74. The zero-order valence-electron chi connectivity index (χ0n) is 19.2. The number of carbonyl (C=O) groups excluding carboxylic acids is 1. The lowest BCUT2D eigenvalue weighted by Gasteiger charge is -2.42. The van der Waals surface area contributed by atoms with Crippen LogP contribution in [0.2, 0.25) is 10.3 Å². The highest BCUT2D eigenvalue weighted by Gasteiger charge is 2.34. The lowest BCUT2D eigenvalue weighted by atomic mass is 9.80. The Labute approximate surface area is 200 Å². The molecule has 2 aromatic rings. The molecule has 1 fully saturated rings. The number of nitrogens with one attached hydrogen (secondary N) is 2. The average molecular weight is 482 g/mol. The van der Waals surface area contributed by atoms with E-state index in [0.717, 1.165) is 31.2 Å². The highest BCUT2D eigenvalue weighted by atomic mass is 35.5. The molecule has 0 radical (unpaired) electrons. The van der Waals surface area contributed by atoms with E-state index < -0.39 is 0 Å². The van der Waals surface area contributed by atoms with E-state index in [1.54, 1.807) is 25.3 Å². The number of amides is 1. The van der Waals surface area contributed by atoms with Gasteiger partial charge in [-0.2, -0.15) is 0 Å². The maximum atomic E-state index is 12.8. The second kappa shape index (κ2) is 11.5. The van der Waals surface area contributed by atoms with Crippen LogP contribution in [0.1, 0.15) is 40.0 Å². The summed E-state index contributed by atoms with van der Waals surface area (Å²) in [6.07, 6.45) is 3.02. The minimum atomic E-state index is -0.0873. The van der Waals surface area contributed by atoms with Crippen LogP contribution in [-0.4, -0.2) is 65.7 Å². The van der Waals surface area contributed by atoms with E-state index in [-0.39, 0.29) is 29.7 Å². The van der Waals surface area contributed by atoms with E-state index >= 15 is 0 Å². The van der Waals surface area contributed by atoms with Crippen molar-refractivity contribution >= 4 is 45.8 Å². The maximum absolute atomic E-state index is 12.8. The van der Waals surface area contributed by atoms with Gasteiger partial charge in [0.1, 0.15) is 5.82 Å². The molecule has 0 spiro atoms. The van der Waals surface area contributed by atoms with Crippen LogP contribution in [0.4, 0.5) is 5.82 Å². The zero-order chi connectivity index (χ0) is 23.3. The first-order valence-electron chi connectivity index (χ1n) is 11.2. The fourth-order valence-electron chi connectivity index (χ4n) is 4.80. The molecule has 1 aromatic heterocycles. The number of ether oxygens (including phenoxy) is 1. The Balaban J connectivity index is 1.63. The summed E-state index contributed by atoms with van der Waals surface area (Å²) in [6.45, 7) is 8.44. The number of hydrogen-bond donors (Lipinski definition) is 2. The van der Waals surface area contributed by atoms with Gasteiger partial charge in [0.25, 0.3) is 0 Å². The molecule has 1 aliphatic carbocycles. The number of halogens is 2. The minimum Gasteiger partial charge on any atom is -0.384 e. The summed E-state index contributed by atoms with van der Waals surface area (Å²) in [5.74, 6) is 0.685. The van der Waals surface area contributed by atoms with Gasteiger partial charge in [-0.3, -0.25) is 9.69 Å². The van der Waals surface area contributed by atoms with Gasteiger partial charge in [-0.15, -0.1) is 0 Å². The topological polar surface area (TPSA) is 79.4 Å². The Morgan fingerprint density at radius 1 is 1.28 bits per heavy atom. The van der Waals surface area contributed by atoms with Gasteiger partial charge < -0.3 is 15.4 Å². The van der Waals surface area contributed by atoms with Crippen molar-refractivity contribution in [3.63, 3.8) is 0 Å². The lowest BCUT2D eigenvalue weighted by molar-refractivity contribution is -0.121. The maximum Gasteiger partial charge on any atom is 0.239 e. The molecule has 9 heteroatoms. The standard InChI is InChI=1S/C23H33Cl2N5O2/c1-5-30(14(2)3)17-7-9-19(15(10-17)13-32-4)27-21(31)12-26-22-18-11-16(24)6-8-20(18)28-23(25)29-22/h6,8,11,14-15,17,19H,5,7,9-10,12-13H2,1-4H3,(H,27,31)(H,26,28,29)/t15-,17-,19+/m1/s1. The molecule has 0 saturated heterocycles. The molecule has 2 N–H and O–H groups in total. The number of carbonyl (C=O) groups is 1. The van der Waals surface area contributed by atoms with Crippen molar-refractivity contribution in [2.45, 2.75) is 58.2 Å². The van der Waals surface area contributed by atoms with Crippen molar-refractivity contribution in [2.24, 2.45) is 5.92 Å². The summed E-state index contributed by atoms with van der Waals surface area (Å²) < 4.78 is 5.49. The van der Waals surface area contributed by atoms with Crippen LogP contribution in [0.3, 0.4) is 0 Å². The number of methoxy groups -OCH3 is 1. The number of rotatable bonds is 9. The third-order valence-electron chi connectivity index (χ3n) is 6.23. The fourth-order valence-corrected chi connectivity index (χ4v) is 5.15. The van der Waals surface area contributed by atoms with E-state index in [1.165, 1.54) is 0 Å². The van der Waals surface area contributed by atoms with Crippen LogP contribution in [0.5, 0.6) is 0 Å². The molecule has 176 valence electrons. The minimum absolute atomic E-state index is 0.0850. The van der Waals surface area contributed by atoms with E-state index in [4.69, 9.17) is 27.9 Å². The van der Waals surface area contributed by atoms with Crippen molar-refractivity contribution in [3.05, 3.63) is 28.5 Å². The number of nitrogens with zero attached hydrogens (tertiary/aromatic N) is 3. The van der Waals surface area contributed by atoms with Gasteiger partial charge in [0.2, 0.25) is 11.2 Å². The van der Waals surface area contributed by atoms with Crippen LogP contribution in [0.25, 0.3) is 10.9 Å². The van der Waals surface area contributed by atoms with Crippen molar-refractivity contribution in [1.82, 2.24) is 20.2 Å². The molecular weight excluding hydrogens is 449 g/mol. The molecule has 0 aliphatic heterocycles. The third-order valence-corrected chi connectivity index (χ3v) is 6.63. The summed E-state index contributed by atoms with van der Waals surface area (Å²) >= 11 is 12.2. The molecular formula is C23H33Cl2N5O2. The Morgan fingerprint density at radius 3 is 2.75 bits per heavy atom. The Bertz CT molecular complexity index is 927. The van der Waals surface area contributed by atoms with Crippen LogP contribution >= 0.6 is 23.2 Å². The van der Waals surface area contributed by atoms with Crippen molar-refractivity contribution < 1.29 is 9.53 Å². The number of hydrogen-bond acceptors (Lipinski definition) is 6. The van der Waals surface area contributed by atoms with Gasteiger partial charge in [-0.25, -0.2) is 9.97 Å². The summed E-state index contributed by atoms with van der Waals surface area (Å²) in [4.78, 5) is 23.8. The normalized spacial score (nSPS) is 21.3. The number of aromatic nitrogens is 2. The molecule has 0 unspecified atom stereocenters. The predicted molar refractivity (Wildman–Crippen MR) is 130 cm³/mol. The van der Waals surface area contributed by atoms with Crippen LogP contribution < -0.4 is 10.6 Å². The first-order chi connectivity index (χ1) is 15.3. The predicted octanol–water partition coefficient (Wildman–Crippen LogP) is 4.38. The van der Waals surface area contributed by atoms with Crippen molar-refractivity contribution in [1.29, 1.82) is 0 Å². The highest BCUT2D eigenvalue weighted by Crippen LogP contribution is 2.30. The Kier molecular flexibility index (Phi) is 8.94. The number of benzene rings is 1. The van der Waals surface area contributed by atoms with Gasteiger partial charge in [0.05, 0.1) is 18.7 Å². The smallest absolute Gasteiger partial charge is 0.239 e. The molecule has 1 aromatic carbocycles. The molecule has 1 saturated carbocycles. The monoisotopic (exact) mass is 481 g/mol. The zero-order valence-corrected chi connectivity index (χ0v) is 20.7. The Morgan fingerprint density at radius 2 is 2.06 bits per heavy atom. The first-order valence-corrected chi connectivity index (χ1v) is 12.0. The van der Waals surface area contributed by atoms with Crippen LogP contribution in [-0.2, 0) is 9.53 Å². The van der Waals surface area contributed by atoms with Gasteiger partial charge in [-0.05, 0) is 69.5 Å². The largest absolute Gasteiger partial charge is 0.384 e. The third kappa shape index (κ3) is 6.22. The van der Waals surface area contributed by atoms with Gasteiger partial charge in [0.15, 0.2) is 0 Å². The molecule has 1 amide bonds. The first kappa shape index (κ1) is 25.0. The summed E-state index contributed by atoms with van der Waals surface area (Å²) in [7, 11) is 1.72. The molecule has 3 atom stereocenters. The number of fused-ring (bicyclic) bond motifs is 1. The molecule has 3 rings (SSSR count). The van der Waals surface area contributed by atoms with E-state index in [9.17, 15) is 4.79 Å². The van der Waals surface area contributed by atoms with Crippen LogP contribution in [0.15, 0.2) is 18.2 Å². The molecule has 1 heterocycles. The molecule has 0 bridgehead atoms. The Hall–Kier alpha value is -1.67. The molecule has 7 nitrogen and oxygen atoms in total. The quantitative estimate of drug-likeness (QED) is 0.517. The second-order valence-corrected chi connectivity index (χ2v) is 9.41. The van der Waals surface area contributed by atoms with Crippen molar-refractivity contribution in [3.8, 4) is 0 Å². The lowest BCUT2D eigenvalue weighted by Crippen LogP contribution is -2.52. The van der Waals surface area contributed by atoms with E-state index in [1.807, 2.05) is 0 Å². The highest BCUT2D eigenvalue weighted by molar-refractivity contribution is 6.31. The van der Waals surface area contributed by atoms with Crippen molar-refractivity contribution in [2.75, 3.05) is 32.1 Å². The van der Waals surface area contributed by atoms with Gasteiger partial charge in [-0.1, -0.05) is 18.5 Å².